The number of nitrogen functional groups attached to an aromatic ring is 1. The summed E-state index contributed by atoms with van der Waals surface area (Å²) in [5, 5.41) is 12.0. The van der Waals surface area contributed by atoms with Crippen molar-refractivity contribution < 1.29 is 4.21 Å². The monoisotopic (exact) mass is 291 g/mol. The van der Waals surface area contributed by atoms with Gasteiger partial charge < -0.3 is 5.73 Å². The van der Waals surface area contributed by atoms with E-state index >= 15 is 0 Å². The molecule has 7 heteroatoms. The van der Waals surface area contributed by atoms with Gasteiger partial charge in [0.1, 0.15) is 0 Å². The molecule has 1 saturated heterocycles. The Bertz CT molecular complexity index is 624. The second kappa shape index (κ2) is 5.32. The Morgan fingerprint density at radius 1 is 1.30 bits per heavy atom. The van der Waals surface area contributed by atoms with E-state index in [1.807, 2.05) is 29.8 Å². The van der Waals surface area contributed by atoms with E-state index in [4.69, 9.17) is 5.73 Å². The van der Waals surface area contributed by atoms with Crippen molar-refractivity contribution in [1.29, 1.82) is 0 Å². The van der Waals surface area contributed by atoms with E-state index in [0.717, 1.165) is 41.3 Å². The molecule has 0 radical (unpaired) electrons. The first-order chi connectivity index (χ1) is 9.63. The molecule has 106 valence electrons. The van der Waals surface area contributed by atoms with Crippen LogP contribution in [0.2, 0.25) is 0 Å². The quantitative estimate of drug-likeness (QED) is 0.843. The Hall–Kier alpha value is -1.76. The number of aromatic nitrogens is 4. The third-order valence-electron chi connectivity index (χ3n) is 3.55. The van der Waals surface area contributed by atoms with E-state index in [-0.39, 0.29) is 6.04 Å². The number of benzene rings is 1. The van der Waals surface area contributed by atoms with Gasteiger partial charge in [-0.1, -0.05) is 0 Å². The van der Waals surface area contributed by atoms with Gasteiger partial charge in [-0.15, -0.1) is 5.10 Å². The number of anilines is 1. The van der Waals surface area contributed by atoms with Crippen molar-refractivity contribution in [2.24, 2.45) is 0 Å². The van der Waals surface area contributed by atoms with Crippen molar-refractivity contribution in [3.63, 3.8) is 0 Å². The summed E-state index contributed by atoms with van der Waals surface area (Å²) in [6, 6.07) is 6.05. The fourth-order valence-electron chi connectivity index (χ4n) is 2.60. The van der Waals surface area contributed by atoms with Gasteiger partial charge in [-0.05, 0) is 54.0 Å². The van der Waals surface area contributed by atoms with Gasteiger partial charge in [0.15, 0.2) is 5.82 Å². The van der Waals surface area contributed by atoms with Crippen LogP contribution >= 0.6 is 0 Å². The van der Waals surface area contributed by atoms with E-state index < -0.39 is 10.8 Å². The molecular formula is C13H17N5OS. The van der Waals surface area contributed by atoms with E-state index in [1.165, 1.54) is 0 Å². The van der Waals surface area contributed by atoms with E-state index in [2.05, 4.69) is 15.5 Å². The third-order valence-corrected chi connectivity index (χ3v) is 4.94. The second-order valence-electron chi connectivity index (χ2n) is 5.16. The van der Waals surface area contributed by atoms with E-state index in [1.54, 1.807) is 0 Å². The molecule has 2 heterocycles. The summed E-state index contributed by atoms with van der Waals surface area (Å²) in [6.07, 6.45) is 1.71. The lowest BCUT2D eigenvalue weighted by molar-refractivity contribution is 0.415. The minimum absolute atomic E-state index is 0.222. The van der Waals surface area contributed by atoms with Gasteiger partial charge in [0.25, 0.3) is 0 Å². The Morgan fingerprint density at radius 3 is 2.75 bits per heavy atom. The molecule has 6 nitrogen and oxygen atoms in total. The van der Waals surface area contributed by atoms with Crippen LogP contribution in [0.4, 0.5) is 5.69 Å². The molecule has 3 rings (SSSR count). The van der Waals surface area contributed by atoms with Crippen LogP contribution in [0, 0.1) is 6.92 Å². The zero-order valence-corrected chi connectivity index (χ0v) is 12.1. The van der Waals surface area contributed by atoms with E-state index in [9.17, 15) is 4.21 Å². The molecule has 0 amide bonds. The van der Waals surface area contributed by atoms with E-state index in [0.29, 0.717) is 5.69 Å². The first-order valence-corrected chi connectivity index (χ1v) is 8.12. The number of aryl methyl sites for hydroxylation is 1. The van der Waals surface area contributed by atoms with Crippen LogP contribution in [0.1, 0.15) is 24.4 Å². The molecule has 0 saturated carbocycles. The highest BCUT2D eigenvalue weighted by Crippen LogP contribution is 2.27. The highest BCUT2D eigenvalue weighted by molar-refractivity contribution is 7.85. The maximum absolute atomic E-state index is 11.5. The molecule has 20 heavy (non-hydrogen) atoms. The lowest BCUT2D eigenvalue weighted by Crippen LogP contribution is -2.23. The number of rotatable bonds is 2. The smallest absolute Gasteiger partial charge is 0.182 e. The molecule has 1 fully saturated rings. The highest BCUT2D eigenvalue weighted by Gasteiger charge is 2.23. The van der Waals surface area contributed by atoms with Gasteiger partial charge in [0, 0.05) is 33.6 Å². The first-order valence-electron chi connectivity index (χ1n) is 6.64. The van der Waals surface area contributed by atoms with Gasteiger partial charge in [-0.25, -0.2) is 4.68 Å². The zero-order valence-electron chi connectivity index (χ0n) is 11.3. The molecule has 0 aliphatic carbocycles. The lowest BCUT2D eigenvalue weighted by Gasteiger charge is -2.22. The van der Waals surface area contributed by atoms with Gasteiger partial charge in [-0.3, -0.25) is 4.21 Å². The molecule has 1 aliphatic heterocycles. The molecule has 1 aromatic heterocycles. The molecule has 1 aromatic carbocycles. The predicted octanol–water partition coefficient (Wildman–Crippen LogP) is 1.31. The standard InChI is InChI=1S/C13H17N5OS/c1-9-6-10(8-11(14)7-9)13-15-16-17-18(13)12-2-4-20(19)5-3-12/h6-8,12H,2-5,14H2,1H3. The Balaban J connectivity index is 1.95. The first kappa shape index (κ1) is 13.2. The minimum Gasteiger partial charge on any atom is -0.399 e. The lowest BCUT2D eigenvalue weighted by atomic mass is 10.1. The SMILES string of the molecule is Cc1cc(N)cc(-c2nnnn2C2CCS(=O)CC2)c1. The summed E-state index contributed by atoms with van der Waals surface area (Å²) in [7, 11) is -0.683. The fraction of sp³-hybridized carbons (Fsp3) is 0.462. The van der Waals surface area contributed by atoms with Crippen LogP contribution in [0.25, 0.3) is 11.4 Å². The molecule has 2 N–H and O–H groups in total. The van der Waals surface area contributed by atoms with Crippen molar-refractivity contribution in [1.82, 2.24) is 20.2 Å². The Kier molecular flexibility index (Phi) is 3.52. The summed E-state index contributed by atoms with van der Waals surface area (Å²) >= 11 is 0. The van der Waals surface area contributed by atoms with Crippen molar-refractivity contribution >= 4 is 16.5 Å². The Labute approximate surface area is 119 Å². The van der Waals surface area contributed by atoms with Crippen molar-refractivity contribution in [3.05, 3.63) is 23.8 Å². The van der Waals surface area contributed by atoms with Crippen LogP contribution in [0.15, 0.2) is 18.2 Å². The molecule has 0 spiro atoms. The van der Waals surface area contributed by atoms with Crippen molar-refractivity contribution in [3.8, 4) is 11.4 Å². The molecule has 2 aromatic rings. The van der Waals surface area contributed by atoms with Gasteiger partial charge >= 0.3 is 0 Å². The van der Waals surface area contributed by atoms with Crippen LogP contribution in [-0.4, -0.2) is 35.9 Å². The fourth-order valence-corrected chi connectivity index (χ4v) is 3.87. The average molecular weight is 291 g/mol. The summed E-state index contributed by atoms with van der Waals surface area (Å²) < 4.78 is 13.3. The van der Waals surface area contributed by atoms with Crippen LogP contribution in [-0.2, 0) is 10.8 Å². The van der Waals surface area contributed by atoms with Crippen molar-refractivity contribution in [2.45, 2.75) is 25.8 Å². The maximum atomic E-state index is 11.5. The molecule has 0 unspecified atom stereocenters. The van der Waals surface area contributed by atoms with Crippen LogP contribution in [0.3, 0.4) is 0 Å². The molecule has 0 bridgehead atoms. The number of tetrazole rings is 1. The van der Waals surface area contributed by atoms with Gasteiger partial charge in [0.05, 0.1) is 6.04 Å². The largest absolute Gasteiger partial charge is 0.399 e. The van der Waals surface area contributed by atoms with Crippen LogP contribution in [0.5, 0.6) is 0 Å². The maximum Gasteiger partial charge on any atom is 0.182 e. The summed E-state index contributed by atoms with van der Waals surface area (Å²) in [6.45, 7) is 2.00. The number of hydrogen-bond donors (Lipinski definition) is 1. The second-order valence-corrected chi connectivity index (χ2v) is 6.85. The number of hydrogen-bond acceptors (Lipinski definition) is 5. The summed E-state index contributed by atoms with van der Waals surface area (Å²) in [4.78, 5) is 0. The van der Waals surface area contributed by atoms with Crippen molar-refractivity contribution in [2.75, 3.05) is 17.2 Å². The molecule has 0 atom stereocenters. The molecular weight excluding hydrogens is 274 g/mol. The molecule has 1 aliphatic rings. The number of nitrogens with zero attached hydrogens (tertiary/aromatic N) is 4. The minimum atomic E-state index is -0.683. The summed E-state index contributed by atoms with van der Waals surface area (Å²) in [5.74, 6) is 2.18. The normalized spacial score (nSPS) is 22.9. The Morgan fingerprint density at radius 2 is 2.05 bits per heavy atom. The summed E-state index contributed by atoms with van der Waals surface area (Å²) in [5.41, 5.74) is 8.61. The average Bonchev–Trinajstić information content (AvgIpc) is 2.87. The van der Waals surface area contributed by atoms with Gasteiger partial charge in [-0.2, -0.15) is 0 Å². The highest BCUT2D eigenvalue weighted by atomic mass is 32.2. The van der Waals surface area contributed by atoms with Crippen LogP contribution < -0.4 is 5.73 Å². The number of nitrogens with two attached hydrogens (primary N) is 1. The zero-order chi connectivity index (χ0) is 14.1. The predicted molar refractivity (Wildman–Crippen MR) is 78.5 cm³/mol. The topological polar surface area (TPSA) is 86.7 Å². The van der Waals surface area contributed by atoms with Gasteiger partial charge in [0.2, 0.25) is 0 Å². The third kappa shape index (κ3) is 2.58.